The molecular formula is C13H20N2O3S. The van der Waals surface area contributed by atoms with Gasteiger partial charge in [-0.2, -0.15) is 11.8 Å². The molecule has 5 nitrogen and oxygen atoms in total. The molecule has 0 amide bonds. The first kappa shape index (κ1) is 15.6. The van der Waals surface area contributed by atoms with Crippen molar-refractivity contribution in [3.63, 3.8) is 0 Å². The van der Waals surface area contributed by atoms with Crippen LogP contribution in [-0.4, -0.2) is 29.6 Å². The number of hydrogen-bond donors (Lipinski definition) is 1. The van der Waals surface area contributed by atoms with E-state index >= 15 is 0 Å². The highest BCUT2D eigenvalue weighted by Gasteiger charge is 2.15. The number of ether oxygens (including phenoxy) is 1. The topological polar surface area (TPSA) is 64.4 Å². The molecule has 6 heteroatoms. The third kappa shape index (κ3) is 4.98. The van der Waals surface area contributed by atoms with E-state index in [4.69, 9.17) is 4.74 Å². The van der Waals surface area contributed by atoms with Gasteiger partial charge in [0, 0.05) is 23.9 Å². The molecule has 0 aliphatic heterocycles. The SMILES string of the molecule is CCSCCC(C)Nc1ccc([N+](=O)[O-])c(OC)c1. The second kappa shape index (κ2) is 7.89. The zero-order chi connectivity index (χ0) is 14.3. The van der Waals surface area contributed by atoms with Crippen LogP contribution in [0.2, 0.25) is 0 Å². The number of anilines is 1. The Hall–Kier alpha value is -1.43. The van der Waals surface area contributed by atoms with Crippen molar-refractivity contribution in [3.05, 3.63) is 28.3 Å². The minimum Gasteiger partial charge on any atom is -0.490 e. The molecule has 0 aliphatic rings. The van der Waals surface area contributed by atoms with Crippen LogP contribution in [0.4, 0.5) is 11.4 Å². The van der Waals surface area contributed by atoms with E-state index in [2.05, 4.69) is 19.2 Å². The summed E-state index contributed by atoms with van der Waals surface area (Å²) in [5, 5.41) is 14.1. The fourth-order valence-corrected chi connectivity index (χ4v) is 2.49. The highest BCUT2D eigenvalue weighted by atomic mass is 32.2. The van der Waals surface area contributed by atoms with Gasteiger partial charge in [0.05, 0.1) is 12.0 Å². The molecule has 0 bridgehead atoms. The van der Waals surface area contributed by atoms with Crippen LogP contribution in [0.25, 0.3) is 0 Å². The Labute approximate surface area is 117 Å². The van der Waals surface area contributed by atoms with Crippen molar-refractivity contribution >= 4 is 23.1 Å². The average Bonchev–Trinajstić information content (AvgIpc) is 2.38. The van der Waals surface area contributed by atoms with Crippen molar-refractivity contribution in [1.82, 2.24) is 0 Å². The van der Waals surface area contributed by atoms with Crippen LogP contribution < -0.4 is 10.1 Å². The molecule has 0 aliphatic carbocycles. The third-order valence-electron chi connectivity index (χ3n) is 2.69. The monoisotopic (exact) mass is 284 g/mol. The first-order chi connectivity index (χ1) is 9.08. The van der Waals surface area contributed by atoms with Gasteiger partial charge in [-0.3, -0.25) is 10.1 Å². The summed E-state index contributed by atoms with van der Waals surface area (Å²) >= 11 is 1.91. The van der Waals surface area contributed by atoms with E-state index in [1.54, 1.807) is 12.1 Å². The Balaban J connectivity index is 2.66. The third-order valence-corrected chi connectivity index (χ3v) is 3.62. The van der Waals surface area contributed by atoms with Gasteiger partial charge in [0.15, 0.2) is 5.75 Å². The normalized spacial score (nSPS) is 11.9. The summed E-state index contributed by atoms with van der Waals surface area (Å²) in [7, 11) is 1.44. The van der Waals surface area contributed by atoms with Gasteiger partial charge in [-0.25, -0.2) is 0 Å². The summed E-state index contributed by atoms with van der Waals surface area (Å²) in [4.78, 5) is 10.4. The zero-order valence-electron chi connectivity index (χ0n) is 11.5. The molecule has 1 aromatic rings. The maximum atomic E-state index is 10.8. The fraction of sp³-hybridized carbons (Fsp3) is 0.538. The van der Waals surface area contributed by atoms with E-state index in [0.29, 0.717) is 6.04 Å². The Morgan fingerprint density at radius 1 is 1.53 bits per heavy atom. The van der Waals surface area contributed by atoms with Crippen molar-refractivity contribution < 1.29 is 9.66 Å². The van der Waals surface area contributed by atoms with Crippen LogP contribution in [-0.2, 0) is 0 Å². The molecule has 1 rings (SSSR count). The second-order valence-corrected chi connectivity index (χ2v) is 5.57. The lowest BCUT2D eigenvalue weighted by Crippen LogP contribution is -2.16. The lowest BCUT2D eigenvalue weighted by atomic mass is 10.2. The molecule has 0 fully saturated rings. The predicted octanol–water partition coefficient (Wildman–Crippen LogP) is 3.55. The van der Waals surface area contributed by atoms with Gasteiger partial charge in [-0.1, -0.05) is 6.92 Å². The summed E-state index contributed by atoms with van der Waals surface area (Å²) in [6.45, 7) is 4.24. The molecule has 1 N–H and O–H groups in total. The van der Waals surface area contributed by atoms with Crippen LogP contribution in [0, 0.1) is 10.1 Å². The van der Waals surface area contributed by atoms with Crippen molar-refractivity contribution in [2.75, 3.05) is 23.9 Å². The summed E-state index contributed by atoms with van der Waals surface area (Å²) < 4.78 is 5.04. The number of nitro groups is 1. The lowest BCUT2D eigenvalue weighted by Gasteiger charge is -2.15. The Bertz CT molecular complexity index is 426. The molecule has 0 saturated carbocycles. The lowest BCUT2D eigenvalue weighted by molar-refractivity contribution is -0.385. The van der Waals surface area contributed by atoms with E-state index in [9.17, 15) is 10.1 Å². The van der Waals surface area contributed by atoms with Gasteiger partial charge >= 0.3 is 5.69 Å². The molecule has 0 spiro atoms. The van der Waals surface area contributed by atoms with Gasteiger partial charge in [-0.05, 0) is 30.9 Å². The molecule has 1 aromatic carbocycles. The van der Waals surface area contributed by atoms with E-state index in [0.717, 1.165) is 23.6 Å². The summed E-state index contributed by atoms with van der Waals surface area (Å²) in [6, 6.07) is 5.17. The molecule has 1 atom stereocenters. The summed E-state index contributed by atoms with van der Waals surface area (Å²) in [6.07, 6.45) is 1.05. The number of nitro benzene ring substituents is 1. The Kier molecular flexibility index (Phi) is 6.49. The van der Waals surface area contributed by atoms with E-state index in [1.165, 1.54) is 13.2 Å². The number of nitrogens with zero attached hydrogens (tertiary/aromatic N) is 1. The highest BCUT2D eigenvalue weighted by Crippen LogP contribution is 2.30. The predicted molar refractivity (Wildman–Crippen MR) is 80.3 cm³/mol. The van der Waals surface area contributed by atoms with Crippen LogP contribution in [0.3, 0.4) is 0 Å². The molecule has 0 saturated heterocycles. The van der Waals surface area contributed by atoms with Crippen molar-refractivity contribution in [1.29, 1.82) is 0 Å². The first-order valence-corrected chi connectivity index (χ1v) is 7.40. The van der Waals surface area contributed by atoms with Gasteiger partial charge < -0.3 is 10.1 Å². The standard InChI is InChI=1S/C13H20N2O3S/c1-4-19-8-7-10(2)14-11-5-6-12(15(16)17)13(9-11)18-3/h5-6,9-10,14H,4,7-8H2,1-3H3. The summed E-state index contributed by atoms with van der Waals surface area (Å²) in [5.74, 6) is 2.51. The minimum absolute atomic E-state index is 0.0118. The molecule has 0 aromatic heterocycles. The molecule has 106 valence electrons. The van der Waals surface area contributed by atoms with Gasteiger partial charge in [0.2, 0.25) is 0 Å². The Morgan fingerprint density at radius 3 is 2.84 bits per heavy atom. The van der Waals surface area contributed by atoms with E-state index in [1.807, 2.05) is 11.8 Å². The van der Waals surface area contributed by atoms with Crippen LogP contribution in [0.15, 0.2) is 18.2 Å². The number of hydrogen-bond acceptors (Lipinski definition) is 5. The van der Waals surface area contributed by atoms with Crippen molar-refractivity contribution in [2.24, 2.45) is 0 Å². The largest absolute Gasteiger partial charge is 0.490 e. The maximum Gasteiger partial charge on any atom is 0.311 e. The second-order valence-electron chi connectivity index (χ2n) is 4.17. The first-order valence-electron chi connectivity index (χ1n) is 6.25. The number of rotatable bonds is 8. The number of nitrogens with one attached hydrogen (secondary N) is 1. The molecule has 0 heterocycles. The van der Waals surface area contributed by atoms with E-state index in [-0.39, 0.29) is 11.4 Å². The minimum atomic E-state index is -0.441. The zero-order valence-corrected chi connectivity index (χ0v) is 12.3. The summed E-state index contributed by atoms with van der Waals surface area (Å²) in [5.41, 5.74) is 0.832. The molecular weight excluding hydrogens is 264 g/mol. The van der Waals surface area contributed by atoms with Crippen LogP contribution in [0.1, 0.15) is 20.3 Å². The fourth-order valence-electron chi connectivity index (χ4n) is 1.68. The molecule has 19 heavy (non-hydrogen) atoms. The Morgan fingerprint density at radius 2 is 2.26 bits per heavy atom. The maximum absolute atomic E-state index is 10.8. The van der Waals surface area contributed by atoms with Crippen LogP contribution >= 0.6 is 11.8 Å². The highest BCUT2D eigenvalue weighted by molar-refractivity contribution is 7.99. The number of thioether (sulfide) groups is 1. The van der Waals surface area contributed by atoms with Crippen LogP contribution in [0.5, 0.6) is 5.75 Å². The molecule has 0 radical (unpaired) electrons. The average molecular weight is 284 g/mol. The molecule has 1 unspecified atom stereocenters. The number of methoxy groups -OCH3 is 1. The number of benzene rings is 1. The van der Waals surface area contributed by atoms with Crippen molar-refractivity contribution in [2.45, 2.75) is 26.3 Å². The van der Waals surface area contributed by atoms with Gasteiger partial charge in [0.25, 0.3) is 0 Å². The van der Waals surface area contributed by atoms with Crippen molar-refractivity contribution in [3.8, 4) is 5.75 Å². The van der Waals surface area contributed by atoms with Gasteiger partial charge in [-0.15, -0.1) is 0 Å². The van der Waals surface area contributed by atoms with E-state index < -0.39 is 4.92 Å². The quantitative estimate of drug-likeness (QED) is 0.449. The van der Waals surface area contributed by atoms with Gasteiger partial charge in [0.1, 0.15) is 0 Å². The smallest absolute Gasteiger partial charge is 0.311 e.